The van der Waals surface area contributed by atoms with Crippen LogP contribution in [0.15, 0.2) is 0 Å². The molecule has 0 saturated heterocycles. The van der Waals surface area contributed by atoms with Gasteiger partial charge < -0.3 is 5.32 Å². The highest BCUT2D eigenvalue weighted by molar-refractivity contribution is 5.90. The molecule has 1 aliphatic rings. The molecule has 13 heavy (non-hydrogen) atoms. The molecule has 0 aromatic rings. The lowest BCUT2D eigenvalue weighted by atomic mass is 9.97. The van der Waals surface area contributed by atoms with Crippen molar-refractivity contribution in [3.63, 3.8) is 0 Å². The van der Waals surface area contributed by atoms with E-state index in [4.69, 9.17) is 5.21 Å². The zero-order chi connectivity index (χ0) is 9.90. The number of nitrogens with one attached hydrogen (secondary N) is 2. The van der Waals surface area contributed by atoms with Crippen LogP contribution < -0.4 is 10.8 Å². The fraction of sp³-hybridized carbons (Fsp3) is 0.750. The van der Waals surface area contributed by atoms with Crippen LogP contribution in [0.4, 0.5) is 0 Å². The van der Waals surface area contributed by atoms with E-state index in [-0.39, 0.29) is 5.91 Å². The van der Waals surface area contributed by atoms with Gasteiger partial charge in [0.2, 0.25) is 5.91 Å². The lowest BCUT2D eigenvalue weighted by Crippen LogP contribution is -2.56. The molecule has 0 radical (unpaired) electrons. The lowest BCUT2D eigenvalue weighted by molar-refractivity contribution is -0.139. The Morgan fingerprint density at radius 3 is 2.23 bits per heavy atom. The monoisotopic (exact) mass is 186 g/mol. The van der Waals surface area contributed by atoms with Gasteiger partial charge in [0.15, 0.2) is 0 Å². The molecule has 0 atom stereocenters. The first-order valence-electron chi connectivity index (χ1n) is 4.34. The molecule has 0 aliphatic heterocycles. The van der Waals surface area contributed by atoms with Crippen molar-refractivity contribution in [1.82, 2.24) is 10.8 Å². The van der Waals surface area contributed by atoms with Crippen LogP contribution in [-0.2, 0) is 9.59 Å². The van der Waals surface area contributed by atoms with Gasteiger partial charge in [0.05, 0.1) is 0 Å². The first kappa shape index (κ1) is 9.98. The number of rotatable bonds is 2. The molecule has 74 valence electrons. The van der Waals surface area contributed by atoms with E-state index >= 15 is 0 Å². The summed E-state index contributed by atoms with van der Waals surface area (Å²) in [5, 5.41) is 11.1. The number of hydrogen-bond acceptors (Lipinski definition) is 3. The minimum absolute atomic E-state index is 0.245. The van der Waals surface area contributed by atoms with Crippen LogP contribution in [0.5, 0.6) is 0 Å². The van der Waals surface area contributed by atoms with Crippen molar-refractivity contribution in [2.75, 3.05) is 0 Å². The minimum atomic E-state index is -0.874. The predicted octanol–water partition coefficient (Wildman–Crippen LogP) is -0.0593. The van der Waals surface area contributed by atoms with Crippen molar-refractivity contribution in [3.8, 4) is 0 Å². The third-order valence-corrected chi connectivity index (χ3v) is 2.41. The van der Waals surface area contributed by atoms with Crippen LogP contribution in [0, 0.1) is 0 Å². The summed E-state index contributed by atoms with van der Waals surface area (Å²) < 4.78 is 0. The fourth-order valence-electron chi connectivity index (χ4n) is 1.83. The Morgan fingerprint density at radius 1 is 1.31 bits per heavy atom. The van der Waals surface area contributed by atoms with Crippen molar-refractivity contribution < 1.29 is 14.8 Å². The van der Waals surface area contributed by atoms with E-state index in [1.807, 2.05) is 0 Å². The van der Waals surface area contributed by atoms with Crippen LogP contribution in [0.3, 0.4) is 0 Å². The van der Waals surface area contributed by atoms with Crippen LogP contribution in [0.1, 0.15) is 32.6 Å². The van der Waals surface area contributed by atoms with Crippen molar-refractivity contribution in [2.45, 2.75) is 38.1 Å². The molecule has 2 amide bonds. The Labute approximate surface area is 76.5 Å². The standard InChI is InChI=1S/C8H14N2O3/c1-6(11)9-8(7(12)10-13)4-2-3-5-8/h13H,2-5H2,1H3,(H,9,11)(H,10,12). The average molecular weight is 186 g/mol. The average Bonchev–Trinajstić information content (AvgIpc) is 2.51. The van der Waals surface area contributed by atoms with E-state index in [0.29, 0.717) is 12.8 Å². The maximum absolute atomic E-state index is 11.3. The Morgan fingerprint density at radius 2 is 1.85 bits per heavy atom. The largest absolute Gasteiger partial charge is 0.342 e. The summed E-state index contributed by atoms with van der Waals surface area (Å²) in [6.07, 6.45) is 2.99. The minimum Gasteiger partial charge on any atom is -0.342 e. The first-order chi connectivity index (χ1) is 6.10. The maximum Gasteiger partial charge on any atom is 0.269 e. The molecule has 0 aromatic carbocycles. The maximum atomic E-state index is 11.3. The molecule has 1 fully saturated rings. The summed E-state index contributed by atoms with van der Waals surface area (Å²) in [7, 11) is 0. The number of amides is 2. The number of hydroxylamine groups is 1. The molecule has 1 rings (SSSR count). The van der Waals surface area contributed by atoms with E-state index in [9.17, 15) is 9.59 Å². The van der Waals surface area contributed by atoms with E-state index in [2.05, 4.69) is 5.32 Å². The van der Waals surface area contributed by atoms with E-state index < -0.39 is 11.4 Å². The Kier molecular flexibility index (Phi) is 2.87. The Balaban J connectivity index is 2.74. The van der Waals surface area contributed by atoms with Crippen molar-refractivity contribution in [3.05, 3.63) is 0 Å². The SMILES string of the molecule is CC(=O)NC1(C(=O)NO)CCCC1. The van der Waals surface area contributed by atoms with Crippen LogP contribution in [0.25, 0.3) is 0 Å². The topological polar surface area (TPSA) is 78.4 Å². The fourth-order valence-corrected chi connectivity index (χ4v) is 1.83. The Bertz CT molecular complexity index is 221. The highest BCUT2D eigenvalue weighted by Gasteiger charge is 2.41. The van der Waals surface area contributed by atoms with E-state index in [1.165, 1.54) is 6.92 Å². The molecule has 1 aliphatic carbocycles. The molecule has 3 N–H and O–H groups in total. The third kappa shape index (κ3) is 1.98. The summed E-state index contributed by atoms with van der Waals surface area (Å²) >= 11 is 0. The van der Waals surface area contributed by atoms with Crippen molar-refractivity contribution in [2.24, 2.45) is 0 Å². The molecular formula is C8H14N2O3. The summed E-state index contributed by atoms with van der Waals surface area (Å²) in [6, 6.07) is 0. The molecule has 1 saturated carbocycles. The second kappa shape index (κ2) is 3.74. The van der Waals surface area contributed by atoms with Crippen LogP contribution in [0.2, 0.25) is 0 Å². The molecule has 0 bridgehead atoms. The molecular weight excluding hydrogens is 172 g/mol. The summed E-state index contributed by atoms with van der Waals surface area (Å²) in [5.74, 6) is -0.759. The quantitative estimate of drug-likeness (QED) is 0.417. The summed E-state index contributed by atoms with van der Waals surface area (Å²) in [6.45, 7) is 1.37. The van der Waals surface area contributed by atoms with Gasteiger partial charge in [0.1, 0.15) is 5.54 Å². The molecule has 0 unspecified atom stereocenters. The van der Waals surface area contributed by atoms with Gasteiger partial charge in [-0.15, -0.1) is 0 Å². The van der Waals surface area contributed by atoms with Gasteiger partial charge in [-0.05, 0) is 12.8 Å². The zero-order valence-corrected chi connectivity index (χ0v) is 7.59. The normalized spacial score (nSPS) is 19.5. The molecule has 5 heteroatoms. The van der Waals surface area contributed by atoms with Crippen LogP contribution >= 0.6 is 0 Å². The smallest absolute Gasteiger partial charge is 0.269 e. The van der Waals surface area contributed by atoms with Gasteiger partial charge in [-0.2, -0.15) is 0 Å². The molecule has 0 aromatic heterocycles. The van der Waals surface area contributed by atoms with Crippen molar-refractivity contribution in [1.29, 1.82) is 0 Å². The van der Waals surface area contributed by atoms with Gasteiger partial charge in [-0.3, -0.25) is 14.8 Å². The summed E-state index contributed by atoms with van der Waals surface area (Å²) in [5.41, 5.74) is 0.725. The number of carbonyl (C=O) groups excluding carboxylic acids is 2. The first-order valence-corrected chi connectivity index (χ1v) is 4.34. The number of carbonyl (C=O) groups is 2. The predicted molar refractivity (Wildman–Crippen MR) is 44.9 cm³/mol. The lowest BCUT2D eigenvalue weighted by Gasteiger charge is -2.26. The Hall–Kier alpha value is -1.10. The van der Waals surface area contributed by atoms with E-state index in [0.717, 1.165) is 12.8 Å². The van der Waals surface area contributed by atoms with Crippen molar-refractivity contribution >= 4 is 11.8 Å². The molecule has 0 spiro atoms. The molecule has 0 heterocycles. The van der Waals surface area contributed by atoms with E-state index in [1.54, 1.807) is 5.48 Å². The van der Waals surface area contributed by atoms with Gasteiger partial charge in [0, 0.05) is 6.92 Å². The highest BCUT2D eigenvalue weighted by atomic mass is 16.5. The highest BCUT2D eigenvalue weighted by Crippen LogP contribution is 2.29. The van der Waals surface area contributed by atoms with Gasteiger partial charge in [-0.25, -0.2) is 5.48 Å². The second-order valence-electron chi connectivity index (χ2n) is 3.41. The third-order valence-electron chi connectivity index (χ3n) is 2.41. The van der Waals surface area contributed by atoms with Crippen LogP contribution in [-0.4, -0.2) is 22.6 Å². The second-order valence-corrected chi connectivity index (χ2v) is 3.41. The van der Waals surface area contributed by atoms with Gasteiger partial charge >= 0.3 is 0 Å². The number of hydrogen-bond donors (Lipinski definition) is 3. The zero-order valence-electron chi connectivity index (χ0n) is 7.59. The van der Waals surface area contributed by atoms with Gasteiger partial charge in [-0.1, -0.05) is 12.8 Å². The van der Waals surface area contributed by atoms with Gasteiger partial charge in [0.25, 0.3) is 5.91 Å². The molecule has 5 nitrogen and oxygen atoms in total. The summed E-state index contributed by atoms with van der Waals surface area (Å²) in [4.78, 5) is 22.1.